The quantitative estimate of drug-likeness (QED) is 0.900. The van der Waals surface area contributed by atoms with Gasteiger partial charge in [-0.15, -0.1) is 5.10 Å². The topological polar surface area (TPSA) is 94.0 Å². The van der Waals surface area contributed by atoms with Gasteiger partial charge in [0.25, 0.3) is 5.89 Å². The molecule has 21 heavy (non-hydrogen) atoms. The molecule has 1 saturated heterocycles. The minimum atomic E-state index is -0.219. The second kappa shape index (κ2) is 6.17. The number of nitrogens with zero attached hydrogens (tertiary/aromatic N) is 5. The van der Waals surface area contributed by atoms with Crippen molar-refractivity contribution in [1.29, 1.82) is 0 Å². The van der Waals surface area contributed by atoms with Gasteiger partial charge in [-0.1, -0.05) is 23.5 Å². The van der Waals surface area contributed by atoms with Gasteiger partial charge in [-0.05, 0) is 43.4 Å². The summed E-state index contributed by atoms with van der Waals surface area (Å²) in [5.74, 6) is 1.30. The van der Waals surface area contributed by atoms with Gasteiger partial charge in [0.2, 0.25) is 0 Å². The van der Waals surface area contributed by atoms with Crippen LogP contribution in [0.25, 0.3) is 10.8 Å². The average molecular weight is 308 g/mol. The lowest BCUT2D eigenvalue weighted by Crippen LogP contribution is -2.30. The highest BCUT2D eigenvalue weighted by Gasteiger charge is 2.23. The van der Waals surface area contributed by atoms with Crippen molar-refractivity contribution in [2.24, 2.45) is 5.73 Å². The first-order valence-electron chi connectivity index (χ1n) is 7.29. The molecule has 0 spiro atoms. The largest absolute Gasteiger partial charge is 0.333 e. The molecule has 1 fully saturated rings. The summed E-state index contributed by atoms with van der Waals surface area (Å²) >= 11 is 1.28. The third-order valence-corrected chi connectivity index (χ3v) is 4.41. The molecule has 1 aliphatic heterocycles. The molecule has 3 rings (SSSR count). The SMILES string of the molecule is CC(C)c1nnsc1-c1nc(C(N)CN2CCCC2)no1. The predicted molar refractivity (Wildman–Crippen MR) is 79.9 cm³/mol. The average Bonchev–Trinajstić information content (AvgIpc) is 3.19. The summed E-state index contributed by atoms with van der Waals surface area (Å²) in [6, 6.07) is -0.219. The van der Waals surface area contributed by atoms with Crippen LogP contribution in [0.4, 0.5) is 0 Å². The van der Waals surface area contributed by atoms with E-state index in [-0.39, 0.29) is 12.0 Å². The summed E-state index contributed by atoms with van der Waals surface area (Å²) in [5.41, 5.74) is 7.08. The van der Waals surface area contributed by atoms with Crippen LogP contribution in [-0.4, -0.2) is 44.3 Å². The lowest BCUT2D eigenvalue weighted by atomic mass is 10.1. The summed E-state index contributed by atoms with van der Waals surface area (Å²) in [6.07, 6.45) is 2.49. The van der Waals surface area contributed by atoms with Crippen molar-refractivity contribution in [2.75, 3.05) is 19.6 Å². The van der Waals surface area contributed by atoms with E-state index in [2.05, 4.69) is 38.5 Å². The van der Waals surface area contributed by atoms with Gasteiger partial charge in [0.15, 0.2) is 5.82 Å². The monoisotopic (exact) mass is 308 g/mol. The molecule has 2 aromatic heterocycles. The maximum atomic E-state index is 6.18. The van der Waals surface area contributed by atoms with Gasteiger partial charge in [-0.25, -0.2) is 0 Å². The van der Waals surface area contributed by atoms with E-state index in [9.17, 15) is 0 Å². The molecule has 0 bridgehead atoms. The van der Waals surface area contributed by atoms with Gasteiger partial charge in [0.1, 0.15) is 4.88 Å². The molecular weight excluding hydrogens is 288 g/mol. The second-order valence-corrected chi connectivity index (χ2v) is 6.47. The Bertz CT molecular complexity index is 589. The van der Waals surface area contributed by atoms with E-state index in [4.69, 9.17) is 10.3 Å². The van der Waals surface area contributed by atoms with Crippen molar-refractivity contribution >= 4 is 11.5 Å². The first kappa shape index (κ1) is 14.6. The minimum absolute atomic E-state index is 0.219. The van der Waals surface area contributed by atoms with Crippen LogP contribution < -0.4 is 5.73 Å². The third-order valence-electron chi connectivity index (χ3n) is 3.68. The Hall–Kier alpha value is -1.38. The van der Waals surface area contributed by atoms with Crippen LogP contribution in [0, 0.1) is 0 Å². The zero-order valence-electron chi connectivity index (χ0n) is 12.3. The number of nitrogens with two attached hydrogens (primary N) is 1. The van der Waals surface area contributed by atoms with Crippen molar-refractivity contribution in [3.05, 3.63) is 11.5 Å². The molecule has 1 unspecified atom stereocenters. The number of hydrogen-bond donors (Lipinski definition) is 1. The standard InChI is InChI=1S/C13H20N6OS/c1-8(2)10-11(21-18-16-10)13-15-12(17-20-13)9(14)7-19-5-3-4-6-19/h8-9H,3-7,14H2,1-2H3. The fourth-order valence-electron chi connectivity index (χ4n) is 2.53. The zero-order chi connectivity index (χ0) is 14.8. The molecule has 114 valence electrons. The fraction of sp³-hybridized carbons (Fsp3) is 0.692. The van der Waals surface area contributed by atoms with E-state index in [1.54, 1.807) is 0 Å². The lowest BCUT2D eigenvalue weighted by molar-refractivity contribution is 0.306. The molecule has 1 atom stereocenters. The summed E-state index contributed by atoms with van der Waals surface area (Å²) in [6.45, 7) is 7.12. The Labute approximate surface area is 127 Å². The Kier molecular flexibility index (Phi) is 4.27. The minimum Gasteiger partial charge on any atom is -0.333 e. The predicted octanol–water partition coefficient (Wildman–Crippen LogP) is 1.81. The van der Waals surface area contributed by atoms with Crippen LogP contribution >= 0.6 is 11.5 Å². The van der Waals surface area contributed by atoms with Crippen LogP contribution in [0.3, 0.4) is 0 Å². The number of aromatic nitrogens is 4. The first-order valence-corrected chi connectivity index (χ1v) is 8.06. The molecule has 7 nitrogen and oxygen atoms in total. The van der Waals surface area contributed by atoms with E-state index in [0.29, 0.717) is 11.7 Å². The van der Waals surface area contributed by atoms with Gasteiger partial charge in [-0.3, -0.25) is 0 Å². The molecule has 3 heterocycles. The van der Waals surface area contributed by atoms with E-state index in [1.165, 1.54) is 24.4 Å². The van der Waals surface area contributed by atoms with Crippen molar-refractivity contribution in [1.82, 2.24) is 24.6 Å². The number of likely N-dealkylation sites (tertiary alicyclic amines) is 1. The Morgan fingerprint density at radius 1 is 1.33 bits per heavy atom. The Balaban J connectivity index is 1.74. The molecule has 0 radical (unpaired) electrons. The van der Waals surface area contributed by atoms with Crippen LogP contribution in [0.2, 0.25) is 0 Å². The lowest BCUT2D eigenvalue weighted by Gasteiger charge is -2.17. The van der Waals surface area contributed by atoms with Crippen LogP contribution in [0.15, 0.2) is 4.52 Å². The van der Waals surface area contributed by atoms with Gasteiger partial charge >= 0.3 is 0 Å². The highest BCUT2D eigenvalue weighted by atomic mass is 32.1. The van der Waals surface area contributed by atoms with E-state index >= 15 is 0 Å². The Morgan fingerprint density at radius 2 is 2.10 bits per heavy atom. The molecular formula is C13H20N6OS. The van der Waals surface area contributed by atoms with Crippen LogP contribution in [0.1, 0.15) is 50.2 Å². The van der Waals surface area contributed by atoms with Gasteiger partial charge in [0, 0.05) is 6.54 Å². The molecule has 0 saturated carbocycles. The molecule has 0 aliphatic carbocycles. The summed E-state index contributed by atoms with van der Waals surface area (Å²) < 4.78 is 9.34. The third kappa shape index (κ3) is 3.12. The molecule has 2 aromatic rings. The smallest absolute Gasteiger partial charge is 0.271 e. The van der Waals surface area contributed by atoms with Crippen molar-refractivity contribution in [2.45, 2.75) is 38.6 Å². The fourth-order valence-corrected chi connectivity index (χ4v) is 3.27. The number of hydrogen-bond acceptors (Lipinski definition) is 8. The molecule has 2 N–H and O–H groups in total. The summed E-state index contributed by atoms with van der Waals surface area (Å²) in [7, 11) is 0. The van der Waals surface area contributed by atoms with Crippen LogP contribution in [0.5, 0.6) is 0 Å². The normalized spacial score (nSPS) is 17.7. The van der Waals surface area contributed by atoms with Gasteiger partial charge in [0.05, 0.1) is 11.7 Å². The van der Waals surface area contributed by atoms with E-state index < -0.39 is 0 Å². The van der Waals surface area contributed by atoms with Gasteiger partial charge < -0.3 is 15.2 Å². The molecule has 8 heteroatoms. The number of rotatable bonds is 5. The molecule has 0 aromatic carbocycles. The van der Waals surface area contributed by atoms with E-state index in [0.717, 1.165) is 30.2 Å². The van der Waals surface area contributed by atoms with Crippen molar-refractivity contribution in [3.8, 4) is 10.8 Å². The summed E-state index contributed by atoms with van der Waals surface area (Å²) in [4.78, 5) is 7.63. The second-order valence-electron chi connectivity index (χ2n) is 5.71. The van der Waals surface area contributed by atoms with Crippen molar-refractivity contribution < 1.29 is 4.52 Å². The molecule has 0 amide bonds. The van der Waals surface area contributed by atoms with Crippen molar-refractivity contribution in [3.63, 3.8) is 0 Å². The zero-order valence-corrected chi connectivity index (χ0v) is 13.1. The van der Waals surface area contributed by atoms with Gasteiger partial charge in [-0.2, -0.15) is 4.98 Å². The highest BCUT2D eigenvalue weighted by Crippen LogP contribution is 2.29. The highest BCUT2D eigenvalue weighted by molar-refractivity contribution is 7.09. The maximum absolute atomic E-state index is 6.18. The maximum Gasteiger partial charge on any atom is 0.271 e. The first-order chi connectivity index (χ1) is 10.1. The molecule has 1 aliphatic rings. The summed E-state index contributed by atoms with van der Waals surface area (Å²) in [5, 5.41) is 8.16. The van der Waals surface area contributed by atoms with E-state index in [1.807, 2.05) is 0 Å². The Morgan fingerprint density at radius 3 is 2.81 bits per heavy atom. The van der Waals surface area contributed by atoms with Crippen LogP contribution in [-0.2, 0) is 0 Å².